The lowest BCUT2D eigenvalue weighted by Crippen LogP contribution is -2.06. The highest BCUT2D eigenvalue weighted by Crippen LogP contribution is 2.34. The van der Waals surface area contributed by atoms with Crippen LogP contribution in [0.4, 0.5) is 0 Å². The largest absolute Gasteiger partial charge is 0.0622 e. The van der Waals surface area contributed by atoms with Crippen LogP contribution in [0, 0.1) is 5.92 Å². The van der Waals surface area contributed by atoms with E-state index in [9.17, 15) is 0 Å². The molecule has 0 atom stereocenters. The molecule has 0 aliphatic carbocycles. The van der Waals surface area contributed by atoms with Crippen LogP contribution >= 0.6 is 0 Å². The molecule has 3 rings (SSSR count). The molecule has 109 valence electrons. The Labute approximate surface area is 133 Å². The molecule has 0 aromatic heterocycles. The van der Waals surface area contributed by atoms with Gasteiger partial charge in [-0.1, -0.05) is 97.9 Å². The highest BCUT2D eigenvalue weighted by Gasteiger charge is 2.18. The Morgan fingerprint density at radius 3 is 1.50 bits per heavy atom. The van der Waals surface area contributed by atoms with Crippen LogP contribution in [-0.2, 0) is 0 Å². The molecule has 0 aliphatic rings. The molecule has 0 heteroatoms. The molecule has 0 unspecified atom stereocenters. The van der Waals surface area contributed by atoms with E-state index in [0.29, 0.717) is 5.92 Å². The summed E-state index contributed by atoms with van der Waals surface area (Å²) in [6.45, 7) is 2.24. The number of hydrogen-bond acceptors (Lipinski definition) is 0. The maximum Gasteiger partial charge on any atom is 0.00980 e. The van der Waals surface area contributed by atoms with E-state index in [2.05, 4.69) is 97.9 Å². The van der Waals surface area contributed by atoms with E-state index < -0.39 is 0 Å². The van der Waals surface area contributed by atoms with Crippen LogP contribution in [-0.4, -0.2) is 0 Å². The average molecular weight is 285 g/mol. The van der Waals surface area contributed by atoms with E-state index in [1.165, 1.54) is 22.6 Å². The predicted molar refractivity (Wildman–Crippen MR) is 93.8 cm³/mol. The monoisotopic (exact) mass is 285 g/mol. The molecule has 1 radical (unpaired) electrons. The molecular formula is C22H21. The van der Waals surface area contributed by atoms with Crippen LogP contribution in [0.5, 0.6) is 0 Å². The molecule has 0 N–H and O–H groups in total. The van der Waals surface area contributed by atoms with Gasteiger partial charge in [0.05, 0.1) is 0 Å². The van der Waals surface area contributed by atoms with Gasteiger partial charge >= 0.3 is 0 Å². The average Bonchev–Trinajstić information content (AvgIpc) is 2.62. The van der Waals surface area contributed by atoms with Gasteiger partial charge in [-0.2, -0.15) is 0 Å². The third-order valence-corrected chi connectivity index (χ3v) is 4.18. The van der Waals surface area contributed by atoms with Crippen molar-refractivity contribution in [2.75, 3.05) is 0 Å². The fraction of sp³-hybridized carbons (Fsp3) is 0.136. The van der Waals surface area contributed by atoms with Crippen molar-refractivity contribution in [3.63, 3.8) is 0 Å². The Morgan fingerprint density at radius 1 is 0.636 bits per heavy atom. The van der Waals surface area contributed by atoms with E-state index in [1.807, 2.05) is 0 Å². The lowest BCUT2D eigenvalue weighted by Gasteiger charge is -2.22. The van der Waals surface area contributed by atoms with Crippen LogP contribution in [0.2, 0.25) is 0 Å². The molecule has 3 aromatic carbocycles. The van der Waals surface area contributed by atoms with Gasteiger partial charge in [0.2, 0.25) is 0 Å². The molecule has 0 saturated carbocycles. The maximum atomic E-state index is 2.24. The van der Waals surface area contributed by atoms with Crippen molar-refractivity contribution in [1.82, 2.24) is 0 Å². The quantitative estimate of drug-likeness (QED) is 0.551. The summed E-state index contributed by atoms with van der Waals surface area (Å²) < 4.78 is 0. The van der Waals surface area contributed by atoms with Gasteiger partial charge in [0.25, 0.3) is 0 Å². The van der Waals surface area contributed by atoms with Gasteiger partial charge in [0, 0.05) is 11.8 Å². The third-order valence-electron chi connectivity index (χ3n) is 4.18. The fourth-order valence-corrected chi connectivity index (χ4v) is 2.95. The zero-order chi connectivity index (χ0) is 15.2. The molecule has 0 amide bonds. The second-order valence-electron chi connectivity index (χ2n) is 5.72. The van der Waals surface area contributed by atoms with Crippen LogP contribution in [0.3, 0.4) is 0 Å². The van der Waals surface area contributed by atoms with Crippen molar-refractivity contribution < 1.29 is 0 Å². The van der Waals surface area contributed by atoms with Crippen molar-refractivity contribution >= 4 is 0 Å². The first kappa shape index (κ1) is 14.6. The Kier molecular flexibility index (Phi) is 4.70. The first-order valence-electron chi connectivity index (χ1n) is 7.82. The van der Waals surface area contributed by atoms with Crippen LogP contribution in [0.1, 0.15) is 36.0 Å². The number of benzene rings is 3. The summed E-state index contributed by atoms with van der Waals surface area (Å²) in [5.74, 6) is 1.83. The Bertz CT molecular complexity index is 632. The second kappa shape index (κ2) is 7.09. The van der Waals surface area contributed by atoms with Gasteiger partial charge in [-0.15, -0.1) is 0 Å². The molecule has 0 heterocycles. The third kappa shape index (κ3) is 3.46. The minimum Gasteiger partial charge on any atom is -0.0622 e. The normalized spacial score (nSPS) is 11.0. The zero-order valence-electron chi connectivity index (χ0n) is 12.9. The summed E-state index contributed by atoms with van der Waals surface area (Å²) >= 11 is 0. The van der Waals surface area contributed by atoms with Crippen molar-refractivity contribution in [1.29, 1.82) is 0 Å². The van der Waals surface area contributed by atoms with Crippen molar-refractivity contribution in [3.05, 3.63) is 114 Å². The van der Waals surface area contributed by atoms with E-state index >= 15 is 0 Å². The Balaban J connectivity index is 1.90. The Morgan fingerprint density at radius 2 is 1.05 bits per heavy atom. The van der Waals surface area contributed by atoms with Gasteiger partial charge in [-0.05, 0) is 23.1 Å². The summed E-state index contributed by atoms with van der Waals surface area (Å²) in [4.78, 5) is 0. The fourth-order valence-electron chi connectivity index (χ4n) is 2.95. The highest BCUT2D eigenvalue weighted by molar-refractivity contribution is 5.37. The van der Waals surface area contributed by atoms with Crippen LogP contribution < -0.4 is 0 Å². The first-order chi connectivity index (χ1) is 10.8. The minimum absolute atomic E-state index is 0.405. The van der Waals surface area contributed by atoms with Gasteiger partial charge in [0.1, 0.15) is 0 Å². The standard InChI is InChI=1S/C22H21/c1-18(19-11-5-2-6-12-19)17-22(20-13-7-3-8-14-20)21-15-9-4-10-16-21/h2-16,22H,17H2,1H3. The smallest absolute Gasteiger partial charge is 0.00980 e. The molecular weight excluding hydrogens is 264 g/mol. The maximum absolute atomic E-state index is 2.24. The molecule has 0 bridgehead atoms. The SMILES string of the molecule is C[C](CC(c1ccccc1)c1ccccc1)c1ccccc1. The van der Waals surface area contributed by atoms with Crippen LogP contribution in [0.15, 0.2) is 91.0 Å². The van der Waals surface area contributed by atoms with Crippen molar-refractivity contribution in [2.24, 2.45) is 0 Å². The van der Waals surface area contributed by atoms with E-state index in [1.54, 1.807) is 0 Å². The Hall–Kier alpha value is -2.34. The first-order valence-corrected chi connectivity index (χ1v) is 7.82. The summed E-state index contributed by atoms with van der Waals surface area (Å²) in [7, 11) is 0. The molecule has 0 spiro atoms. The summed E-state index contributed by atoms with van der Waals surface area (Å²) in [5, 5.41) is 0. The van der Waals surface area contributed by atoms with Gasteiger partial charge < -0.3 is 0 Å². The second-order valence-corrected chi connectivity index (χ2v) is 5.72. The predicted octanol–water partition coefficient (Wildman–Crippen LogP) is 5.85. The van der Waals surface area contributed by atoms with E-state index in [-0.39, 0.29) is 0 Å². The highest BCUT2D eigenvalue weighted by atomic mass is 14.2. The van der Waals surface area contributed by atoms with Gasteiger partial charge in [-0.3, -0.25) is 0 Å². The summed E-state index contributed by atoms with van der Waals surface area (Å²) in [6.07, 6.45) is 1.04. The van der Waals surface area contributed by atoms with Gasteiger partial charge in [-0.25, -0.2) is 0 Å². The van der Waals surface area contributed by atoms with E-state index in [0.717, 1.165) is 6.42 Å². The van der Waals surface area contributed by atoms with E-state index in [4.69, 9.17) is 0 Å². The van der Waals surface area contributed by atoms with Crippen molar-refractivity contribution in [2.45, 2.75) is 19.3 Å². The molecule has 3 aromatic rings. The summed E-state index contributed by atoms with van der Waals surface area (Å²) in [6, 6.07) is 32.3. The van der Waals surface area contributed by atoms with Crippen LogP contribution in [0.25, 0.3) is 0 Å². The van der Waals surface area contributed by atoms with Crippen molar-refractivity contribution in [3.8, 4) is 0 Å². The zero-order valence-corrected chi connectivity index (χ0v) is 12.9. The molecule has 0 aliphatic heterocycles. The molecule has 22 heavy (non-hydrogen) atoms. The lowest BCUT2D eigenvalue weighted by atomic mass is 9.82. The molecule has 0 fully saturated rings. The summed E-state index contributed by atoms with van der Waals surface area (Å²) in [5.41, 5.74) is 4.09. The lowest BCUT2D eigenvalue weighted by molar-refractivity contribution is 0.744. The molecule has 0 saturated heterocycles. The minimum atomic E-state index is 0.405. The molecule has 0 nitrogen and oxygen atoms in total. The number of hydrogen-bond donors (Lipinski definition) is 0. The van der Waals surface area contributed by atoms with Gasteiger partial charge in [0.15, 0.2) is 0 Å². The number of rotatable bonds is 5. The topological polar surface area (TPSA) is 0 Å².